The first-order valence-corrected chi connectivity index (χ1v) is 10.4. The maximum Gasteiger partial charge on any atom is 0.308 e. The number of thioether (sulfide) groups is 1. The van der Waals surface area contributed by atoms with Crippen LogP contribution in [0.2, 0.25) is 0 Å². The quantitative estimate of drug-likeness (QED) is 0.500. The number of nitrogens with one attached hydrogen (secondary N) is 1. The zero-order valence-corrected chi connectivity index (χ0v) is 18.7. The number of rotatable bonds is 7. The second kappa shape index (κ2) is 10.9. The van der Waals surface area contributed by atoms with Crippen LogP contribution in [-0.4, -0.2) is 53.7 Å². The lowest BCUT2D eigenvalue weighted by molar-refractivity contribution is -0.133. The predicted octanol–water partition coefficient (Wildman–Crippen LogP) is 3.02. The van der Waals surface area contributed by atoms with Crippen molar-refractivity contribution in [2.45, 2.75) is 19.9 Å². The van der Waals surface area contributed by atoms with Gasteiger partial charge in [0.25, 0.3) is 0 Å². The molecule has 2 aromatic rings. The summed E-state index contributed by atoms with van der Waals surface area (Å²) in [6.07, 6.45) is 0. The Labute approximate surface area is 188 Å². The van der Waals surface area contributed by atoms with Gasteiger partial charge in [0.1, 0.15) is 23.4 Å². The number of hydrogen-bond acceptors (Lipinski definition) is 6. The summed E-state index contributed by atoms with van der Waals surface area (Å²) < 4.78 is 32.6. The van der Waals surface area contributed by atoms with E-state index in [1.165, 1.54) is 50.2 Å². The Morgan fingerprint density at radius 2 is 1.75 bits per heavy atom. The van der Waals surface area contributed by atoms with E-state index in [1.54, 1.807) is 0 Å². The Kier molecular flexibility index (Phi) is 8.48. The van der Waals surface area contributed by atoms with Crippen molar-refractivity contribution >= 4 is 34.7 Å². The number of hydrogen-bond donors (Lipinski definition) is 1. The number of amides is 2. The first-order valence-electron chi connectivity index (χ1n) is 9.43. The maximum atomic E-state index is 14.2. The molecule has 0 saturated carbocycles. The molecular weight excluding hydrogens is 442 g/mol. The Hall–Kier alpha value is -3.27. The monoisotopic (exact) mass is 464 g/mol. The predicted molar refractivity (Wildman–Crippen MR) is 116 cm³/mol. The summed E-state index contributed by atoms with van der Waals surface area (Å²) in [7, 11) is 3.03. The van der Waals surface area contributed by atoms with Crippen LogP contribution < -0.4 is 10.1 Å². The summed E-state index contributed by atoms with van der Waals surface area (Å²) in [4.78, 5) is 49.4. The maximum absolute atomic E-state index is 14.2. The Bertz CT molecular complexity index is 1060. The molecule has 0 unspecified atom stereocenters. The summed E-state index contributed by atoms with van der Waals surface area (Å²) in [5.41, 5.74) is 0.286. The van der Waals surface area contributed by atoms with Crippen LogP contribution in [0.4, 0.5) is 8.78 Å². The highest BCUT2D eigenvalue weighted by molar-refractivity contribution is 8.14. The second-order valence-electron chi connectivity index (χ2n) is 7.01. The van der Waals surface area contributed by atoms with Crippen molar-refractivity contribution in [3.63, 3.8) is 0 Å². The normalized spacial score (nSPS) is 11.4. The molecular formula is C22H22F2N2O5S. The van der Waals surface area contributed by atoms with Crippen LogP contribution in [0.3, 0.4) is 0 Å². The zero-order chi connectivity index (χ0) is 24.0. The van der Waals surface area contributed by atoms with Gasteiger partial charge in [-0.05, 0) is 29.8 Å². The van der Waals surface area contributed by atoms with Gasteiger partial charge in [-0.15, -0.1) is 0 Å². The fourth-order valence-electron chi connectivity index (χ4n) is 2.79. The molecule has 1 N–H and O–H groups in total. The van der Waals surface area contributed by atoms with Crippen LogP contribution >= 0.6 is 11.8 Å². The van der Waals surface area contributed by atoms with Crippen molar-refractivity contribution in [3.05, 3.63) is 53.6 Å². The van der Waals surface area contributed by atoms with E-state index in [0.717, 1.165) is 30.8 Å². The third-order valence-corrected chi connectivity index (χ3v) is 5.17. The highest BCUT2D eigenvalue weighted by Gasteiger charge is 2.24. The Morgan fingerprint density at radius 1 is 1.06 bits per heavy atom. The average Bonchev–Trinajstić information content (AvgIpc) is 2.70. The highest BCUT2D eigenvalue weighted by atomic mass is 32.2. The van der Waals surface area contributed by atoms with Gasteiger partial charge < -0.3 is 15.0 Å². The molecule has 0 bridgehead atoms. The van der Waals surface area contributed by atoms with Gasteiger partial charge >= 0.3 is 5.97 Å². The van der Waals surface area contributed by atoms with Crippen LogP contribution in [0, 0.1) is 11.6 Å². The number of carbonyl (C=O) groups excluding carboxylic acids is 4. The molecule has 170 valence electrons. The second-order valence-corrected chi connectivity index (χ2v) is 8.01. The first kappa shape index (κ1) is 25.0. The smallest absolute Gasteiger partial charge is 0.308 e. The topological polar surface area (TPSA) is 92.8 Å². The summed E-state index contributed by atoms with van der Waals surface area (Å²) in [6.45, 7) is 2.42. The van der Waals surface area contributed by atoms with Crippen molar-refractivity contribution in [1.29, 1.82) is 0 Å². The molecule has 0 aliphatic carbocycles. The average molecular weight is 464 g/mol. The van der Waals surface area contributed by atoms with Gasteiger partial charge in [0.15, 0.2) is 0 Å². The van der Waals surface area contributed by atoms with Gasteiger partial charge in [0, 0.05) is 45.3 Å². The Morgan fingerprint density at radius 3 is 2.31 bits per heavy atom. The van der Waals surface area contributed by atoms with Crippen LogP contribution in [-0.2, 0) is 14.4 Å². The fourth-order valence-corrected chi connectivity index (χ4v) is 3.65. The van der Waals surface area contributed by atoms with E-state index in [0.29, 0.717) is 0 Å². The van der Waals surface area contributed by atoms with Gasteiger partial charge in [0.05, 0.1) is 5.56 Å². The molecule has 2 rings (SSSR count). The van der Waals surface area contributed by atoms with Crippen molar-refractivity contribution in [2.24, 2.45) is 0 Å². The minimum Gasteiger partial charge on any atom is -0.426 e. The lowest BCUT2D eigenvalue weighted by atomic mass is 10.0. The van der Waals surface area contributed by atoms with Gasteiger partial charge in [-0.3, -0.25) is 19.2 Å². The van der Waals surface area contributed by atoms with Crippen LogP contribution in [0.15, 0.2) is 36.4 Å². The van der Waals surface area contributed by atoms with Gasteiger partial charge in [-0.2, -0.15) is 0 Å². The largest absolute Gasteiger partial charge is 0.426 e. The van der Waals surface area contributed by atoms with Gasteiger partial charge in [-0.1, -0.05) is 17.8 Å². The standard InChI is InChI=1S/C22H22F2N2O5S/c1-12(27)25-19(21(29)26(3)4)11-32-22(30)17-9-14(5-8-20(17)31-13(2)28)16-7-6-15(23)10-18(16)24/h5-10,19H,11H2,1-4H3,(H,25,27)/t19-/m1/s1. The van der Waals surface area contributed by atoms with Crippen LogP contribution in [0.5, 0.6) is 5.75 Å². The van der Waals surface area contributed by atoms with E-state index in [4.69, 9.17) is 4.74 Å². The van der Waals surface area contributed by atoms with Crippen LogP contribution in [0.1, 0.15) is 24.2 Å². The van der Waals surface area contributed by atoms with Gasteiger partial charge in [-0.25, -0.2) is 8.78 Å². The van der Waals surface area contributed by atoms with Crippen molar-refractivity contribution in [1.82, 2.24) is 10.2 Å². The molecule has 0 heterocycles. The third kappa shape index (κ3) is 6.61. The van der Waals surface area contributed by atoms with E-state index in [9.17, 15) is 28.0 Å². The molecule has 2 aromatic carbocycles. The van der Waals surface area contributed by atoms with Crippen molar-refractivity contribution < 1.29 is 32.7 Å². The summed E-state index contributed by atoms with van der Waals surface area (Å²) in [5.74, 6) is -3.19. The number of carbonyl (C=O) groups is 4. The number of benzene rings is 2. The van der Waals surface area contributed by atoms with Crippen LogP contribution in [0.25, 0.3) is 11.1 Å². The molecule has 10 heteroatoms. The summed E-state index contributed by atoms with van der Waals surface area (Å²) in [6, 6.07) is 6.18. The van der Waals surface area contributed by atoms with Crippen molar-refractivity contribution in [3.8, 4) is 16.9 Å². The van der Waals surface area contributed by atoms with E-state index in [2.05, 4.69) is 5.32 Å². The highest BCUT2D eigenvalue weighted by Crippen LogP contribution is 2.31. The van der Waals surface area contributed by atoms with E-state index >= 15 is 0 Å². The molecule has 1 atom stereocenters. The lowest BCUT2D eigenvalue weighted by Gasteiger charge is -2.20. The van der Waals surface area contributed by atoms with E-state index in [1.807, 2.05) is 0 Å². The molecule has 0 aliphatic heterocycles. The molecule has 0 radical (unpaired) electrons. The SMILES string of the molecule is CC(=O)N[C@H](CSC(=O)c1cc(-c2ccc(F)cc2F)ccc1OC(C)=O)C(=O)N(C)C. The molecule has 32 heavy (non-hydrogen) atoms. The minimum atomic E-state index is -0.952. The zero-order valence-electron chi connectivity index (χ0n) is 17.9. The Balaban J connectivity index is 2.37. The molecule has 0 aliphatic rings. The number of ether oxygens (including phenoxy) is 1. The number of nitrogens with zero attached hydrogens (tertiary/aromatic N) is 1. The van der Waals surface area contributed by atoms with E-state index < -0.39 is 40.6 Å². The molecule has 0 aromatic heterocycles. The third-order valence-electron chi connectivity index (χ3n) is 4.19. The molecule has 7 nitrogen and oxygen atoms in total. The summed E-state index contributed by atoms with van der Waals surface area (Å²) in [5, 5.41) is 1.93. The van der Waals surface area contributed by atoms with E-state index in [-0.39, 0.29) is 28.2 Å². The molecule has 0 fully saturated rings. The van der Waals surface area contributed by atoms with Crippen molar-refractivity contribution in [2.75, 3.05) is 19.8 Å². The fraction of sp³-hybridized carbons (Fsp3) is 0.273. The first-order chi connectivity index (χ1) is 15.0. The molecule has 0 saturated heterocycles. The molecule has 0 spiro atoms. The number of halogens is 2. The van der Waals surface area contributed by atoms with Gasteiger partial charge in [0.2, 0.25) is 16.9 Å². The molecule has 2 amide bonds. The number of likely N-dealkylation sites (N-methyl/N-ethyl adjacent to an activating group) is 1. The lowest BCUT2D eigenvalue weighted by Crippen LogP contribution is -2.47. The minimum absolute atomic E-state index is 0.0368. The number of esters is 1. The summed E-state index contributed by atoms with van der Waals surface area (Å²) >= 11 is 0.731.